The Bertz CT molecular complexity index is 830. The third kappa shape index (κ3) is 38.7. The summed E-state index contributed by atoms with van der Waals surface area (Å²) in [6.45, 7) is 3.77. The average molecular weight is 762 g/mol. The van der Waals surface area contributed by atoms with Crippen LogP contribution < -0.4 is 5.73 Å². The van der Waals surface area contributed by atoms with Crippen LogP contribution >= 0.6 is 7.82 Å². The Labute approximate surface area is 320 Å². The van der Waals surface area contributed by atoms with E-state index < -0.39 is 26.5 Å². The molecule has 2 atom stereocenters. The highest BCUT2D eigenvalue weighted by Gasteiger charge is 2.26. The van der Waals surface area contributed by atoms with Crippen molar-refractivity contribution in [3.63, 3.8) is 0 Å². The quantitative estimate of drug-likeness (QED) is 0.0354. The predicted octanol–water partition coefficient (Wildman–Crippen LogP) is 12.4. The minimum absolute atomic E-state index is 0.0580. The van der Waals surface area contributed by atoms with Gasteiger partial charge in [0.1, 0.15) is 6.61 Å². The Morgan fingerprint density at radius 2 is 0.827 bits per heavy atom. The van der Waals surface area contributed by atoms with Crippen molar-refractivity contribution in [3.8, 4) is 0 Å². The normalized spacial score (nSPS) is 13.2. The highest BCUT2D eigenvalue weighted by atomic mass is 31.2. The number of phosphoric ester groups is 1. The van der Waals surface area contributed by atoms with E-state index in [4.69, 9.17) is 24.3 Å². The van der Waals surface area contributed by atoms with E-state index in [0.29, 0.717) is 6.42 Å². The van der Waals surface area contributed by atoms with Gasteiger partial charge in [-0.1, -0.05) is 200 Å². The van der Waals surface area contributed by atoms with Crippen molar-refractivity contribution < 1.29 is 37.6 Å². The van der Waals surface area contributed by atoms with Gasteiger partial charge in [0, 0.05) is 19.4 Å². The number of hydrogen-bond donors (Lipinski definition) is 2. The van der Waals surface area contributed by atoms with Gasteiger partial charge in [-0.05, 0) is 12.8 Å². The Hall–Kier alpha value is -0.990. The molecule has 0 saturated carbocycles. The lowest BCUT2D eigenvalue weighted by Gasteiger charge is -2.19. The molecule has 0 aromatic rings. The van der Waals surface area contributed by atoms with E-state index in [2.05, 4.69) is 13.8 Å². The van der Waals surface area contributed by atoms with Gasteiger partial charge < -0.3 is 20.1 Å². The third-order valence-corrected chi connectivity index (χ3v) is 10.7. The molecular weight excluding hydrogens is 677 g/mol. The molecule has 0 rings (SSSR count). The van der Waals surface area contributed by atoms with Gasteiger partial charge in [-0.25, -0.2) is 4.57 Å². The van der Waals surface area contributed by atoms with Crippen molar-refractivity contribution in [2.75, 3.05) is 26.4 Å². The van der Waals surface area contributed by atoms with Crippen molar-refractivity contribution in [1.29, 1.82) is 0 Å². The molecule has 0 radical (unpaired) electrons. The monoisotopic (exact) mass is 762 g/mol. The lowest BCUT2D eigenvalue weighted by atomic mass is 10.0. The maximum Gasteiger partial charge on any atom is 0.472 e. The van der Waals surface area contributed by atoms with Crippen molar-refractivity contribution in [2.45, 2.75) is 232 Å². The lowest BCUT2D eigenvalue weighted by molar-refractivity contribution is -0.161. The predicted molar refractivity (Wildman–Crippen MR) is 215 cm³/mol. The van der Waals surface area contributed by atoms with Gasteiger partial charge in [0.05, 0.1) is 13.2 Å². The molecule has 0 fully saturated rings. The second-order valence-corrected chi connectivity index (χ2v) is 16.4. The smallest absolute Gasteiger partial charge is 0.462 e. The Morgan fingerprint density at radius 1 is 0.500 bits per heavy atom. The van der Waals surface area contributed by atoms with E-state index in [-0.39, 0.29) is 38.6 Å². The van der Waals surface area contributed by atoms with Gasteiger partial charge in [0.25, 0.3) is 0 Å². The van der Waals surface area contributed by atoms with E-state index in [9.17, 15) is 19.0 Å². The lowest BCUT2D eigenvalue weighted by Crippen LogP contribution is -2.29. The second-order valence-electron chi connectivity index (χ2n) is 14.9. The molecule has 310 valence electrons. The molecule has 0 heterocycles. The number of carbonyl (C=O) groups is 2. The Kier molecular flexibility index (Phi) is 38.9. The molecule has 9 nitrogen and oxygen atoms in total. The molecule has 0 saturated heterocycles. The Morgan fingerprint density at radius 3 is 1.17 bits per heavy atom. The largest absolute Gasteiger partial charge is 0.472 e. The third-order valence-electron chi connectivity index (χ3n) is 9.74. The molecule has 1 unspecified atom stereocenters. The SMILES string of the molecule is CCCCCCCCCCCCCCCCCCCCCC(=O)OC[C@@H](COP(=O)(O)OCCN)OC(=O)CCCCCCCCCCCCCC. The average Bonchev–Trinajstić information content (AvgIpc) is 3.13. The summed E-state index contributed by atoms with van der Waals surface area (Å²) >= 11 is 0. The summed E-state index contributed by atoms with van der Waals surface area (Å²) in [6, 6.07) is 0. The van der Waals surface area contributed by atoms with Crippen LogP contribution in [0.5, 0.6) is 0 Å². The van der Waals surface area contributed by atoms with Gasteiger partial charge >= 0.3 is 19.8 Å². The van der Waals surface area contributed by atoms with Crippen LogP contribution in [0.4, 0.5) is 0 Å². The molecule has 0 aliphatic carbocycles. The first-order valence-electron chi connectivity index (χ1n) is 22.0. The van der Waals surface area contributed by atoms with Crippen LogP contribution in [0.2, 0.25) is 0 Å². The van der Waals surface area contributed by atoms with E-state index in [1.807, 2.05) is 0 Å². The van der Waals surface area contributed by atoms with Gasteiger partial charge in [0.15, 0.2) is 6.10 Å². The van der Waals surface area contributed by atoms with Crippen LogP contribution in [0.15, 0.2) is 0 Å². The summed E-state index contributed by atoms with van der Waals surface area (Å²) < 4.78 is 32.8. The highest BCUT2D eigenvalue weighted by Crippen LogP contribution is 2.43. The summed E-state index contributed by atoms with van der Waals surface area (Å²) in [7, 11) is -4.37. The minimum atomic E-state index is -4.37. The van der Waals surface area contributed by atoms with E-state index in [1.54, 1.807) is 0 Å². The van der Waals surface area contributed by atoms with Crippen LogP contribution in [0.3, 0.4) is 0 Å². The fourth-order valence-electron chi connectivity index (χ4n) is 6.46. The van der Waals surface area contributed by atoms with Crippen molar-refractivity contribution in [1.82, 2.24) is 0 Å². The number of carbonyl (C=O) groups excluding carboxylic acids is 2. The number of hydrogen-bond acceptors (Lipinski definition) is 8. The Balaban J connectivity index is 4.04. The fraction of sp³-hybridized carbons (Fsp3) is 0.952. The number of unbranched alkanes of at least 4 members (excludes halogenated alkanes) is 29. The summed E-state index contributed by atoms with van der Waals surface area (Å²) in [5, 5.41) is 0. The van der Waals surface area contributed by atoms with Gasteiger partial charge in [-0.3, -0.25) is 18.6 Å². The molecule has 0 bridgehead atoms. The first-order chi connectivity index (χ1) is 25.3. The van der Waals surface area contributed by atoms with Crippen LogP contribution in [0.1, 0.15) is 226 Å². The first kappa shape index (κ1) is 51.0. The summed E-state index contributed by atoms with van der Waals surface area (Å²) in [4.78, 5) is 34.8. The molecule has 0 aliphatic rings. The van der Waals surface area contributed by atoms with Crippen LogP contribution in [0.25, 0.3) is 0 Å². The molecule has 0 aromatic carbocycles. The van der Waals surface area contributed by atoms with Gasteiger partial charge in [-0.2, -0.15) is 0 Å². The van der Waals surface area contributed by atoms with Gasteiger partial charge in [0.2, 0.25) is 0 Å². The minimum Gasteiger partial charge on any atom is -0.462 e. The van der Waals surface area contributed by atoms with Crippen molar-refractivity contribution in [2.24, 2.45) is 5.73 Å². The topological polar surface area (TPSA) is 134 Å². The van der Waals surface area contributed by atoms with Gasteiger partial charge in [-0.15, -0.1) is 0 Å². The summed E-state index contributed by atoms with van der Waals surface area (Å²) in [5.41, 5.74) is 5.34. The molecule has 0 aliphatic heterocycles. The number of phosphoric acid groups is 1. The fourth-order valence-corrected chi connectivity index (χ4v) is 7.23. The van der Waals surface area contributed by atoms with Crippen molar-refractivity contribution in [3.05, 3.63) is 0 Å². The molecule has 3 N–H and O–H groups in total. The number of ether oxygens (including phenoxy) is 2. The molecule has 0 spiro atoms. The van der Waals surface area contributed by atoms with Crippen LogP contribution in [-0.2, 0) is 32.7 Å². The van der Waals surface area contributed by atoms with Crippen LogP contribution in [-0.4, -0.2) is 49.3 Å². The molecule has 52 heavy (non-hydrogen) atoms. The zero-order chi connectivity index (χ0) is 38.2. The molecule has 0 aromatic heterocycles. The molecular formula is C42H84NO8P. The molecule has 0 amide bonds. The van der Waals surface area contributed by atoms with Crippen LogP contribution in [0, 0.1) is 0 Å². The summed E-state index contributed by atoms with van der Waals surface area (Å²) in [6.07, 6.45) is 38.5. The summed E-state index contributed by atoms with van der Waals surface area (Å²) in [5.74, 6) is -0.813. The maximum absolute atomic E-state index is 12.5. The maximum atomic E-state index is 12.5. The van der Waals surface area contributed by atoms with Crippen molar-refractivity contribution >= 4 is 19.8 Å². The first-order valence-corrected chi connectivity index (χ1v) is 23.5. The zero-order valence-corrected chi connectivity index (χ0v) is 35.0. The number of nitrogens with two attached hydrogens (primary N) is 1. The van der Waals surface area contributed by atoms with E-state index >= 15 is 0 Å². The van der Waals surface area contributed by atoms with E-state index in [1.165, 1.54) is 161 Å². The highest BCUT2D eigenvalue weighted by molar-refractivity contribution is 7.47. The standard InChI is InChI=1S/C42H84NO8P/c1-3-5-7-9-11-13-15-17-18-19-20-21-22-23-25-26-28-30-32-34-41(44)48-38-40(39-50-52(46,47)49-37-36-43)51-42(45)35-33-31-29-27-24-16-14-12-10-8-6-4-2/h40H,3-39,43H2,1-2H3,(H,46,47)/t40-/m0/s1. The number of rotatable bonds is 42. The van der Waals surface area contributed by atoms with E-state index in [0.717, 1.165) is 32.1 Å². The number of esters is 2. The second kappa shape index (κ2) is 39.7. The zero-order valence-electron chi connectivity index (χ0n) is 34.1. The molecule has 10 heteroatoms.